The minimum atomic E-state index is -0.879. The Balaban J connectivity index is -0.0000000942. The van der Waals surface area contributed by atoms with Gasteiger partial charge >= 0.3 is 35.5 Å². The van der Waals surface area contributed by atoms with Crippen molar-refractivity contribution in [3.8, 4) is 0 Å². The molecular weight excluding hydrogens is 217 g/mol. The molecule has 7 heteroatoms. The Morgan fingerprint density at radius 2 is 1.50 bits per heavy atom. The number of benzene rings is 1. The van der Waals surface area contributed by atoms with Crippen molar-refractivity contribution in [3.63, 3.8) is 0 Å². The summed E-state index contributed by atoms with van der Waals surface area (Å²) in [6.45, 7) is 0. The molecule has 0 aromatic heterocycles. The molecule has 0 spiro atoms. The van der Waals surface area contributed by atoms with Crippen LogP contribution >= 0.6 is 0 Å². The van der Waals surface area contributed by atoms with Crippen LogP contribution in [0.2, 0.25) is 0 Å². The Morgan fingerprint density at radius 3 is 1.71 bits per heavy atom. The van der Waals surface area contributed by atoms with Gasteiger partial charge < -0.3 is 16.1 Å². The molecule has 0 aliphatic rings. The molecule has 14 heavy (non-hydrogen) atoms. The van der Waals surface area contributed by atoms with Crippen molar-refractivity contribution in [3.05, 3.63) is 35.9 Å². The van der Waals surface area contributed by atoms with Crippen LogP contribution in [0, 0.1) is 4.78 Å². The van der Waals surface area contributed by atoms with Gasteiger partial charge in [0.1, 0.15) is 0 Å². The summed E-state index contributed by atoms with van der Waals surface area (Å²) in [5.74, 6) is -0.879. The van der Waals surface area contributed by atoms with Gasteiger partial charge in [0, 0.05) is 0 Å². The van der Waals surface area contributed by atoms with E-state index in [4.69, 9.17) is 9.89 Å². The summed E-state index contributed by atoms with van der Waals surface area (Å²) in [6, 6.07) is 8.30. The van der Waals surface area contributed by atoms with E-state index >= 15 is 0 Å². The van der Waals surface area contributed by atoms with Crippen molar-refractivity contribution in [2.75, 3.05) is 0 Å². The number of hydrogen-bond acceptors (Lipinski definition) is 2. The topological polar surface area (TPSA) is 124 Å². The predicted molar refractivity (Wildman–Crippen MR) is 60.7 cm³/mol. The van der Waals surface area contributed by atoms with Crippen LogP contribution in [0.1, 0.15) is 10.4 Å². The number of aromatic carboxylic acids is 1. The second kappa shape index (κ2) is 15.2. The van der Waals surface area contributed by atoms with Gasteiger partial charge in [0.2, 0.25) is 0 Å². The van der Waals surface area contributed by atoms with E-state index in [0.717, 1.165) is 0 Å². The number of hydrogen-bond donors (Lipinski definition) is 2. The molecule has 5 nitrogen and oxygen atoms in total. The summed E-state index contributed by atoms with van der Waals surface area (Å²) in [6.07, 6.45) is 0. The standard InChI is InChI=1S/C7H6O2.H3NS.Na.2H2O.H/c8-7(9)6-4-2-1-3-5-6;1-2;;;;/h1-5H,(H,8,9);1H,2H2;;2*1H2;. The van der Waals surface area contributed by atoms with Gasteiger partial charge in [-0.3, -0.25) is 4.78 Å². The Morgan fingerprint density at radius 1 is 1.14 bits per heavy atom. The molecule has 0 bridgehead atoms. The van der Waals surface area contributed by atoms with E-state index in [2.05, 4.69) is 12.4 Å². The first-order chi connectivity index (χ1) is 5.30. The molecule has 0 amide bonds. The molecule has 1 aromatic rings. The zero-order valence-electron chi connectivity index (χ0n) is 6.74. The number of nitrogens with one attached hydrogen (secondary N) is 1. The van der Waals surface area contributed by atoms with Crippen molar-refractivity contribution < 1.29 is 20.9 Å². The van der Waals surface area contributed by atoms with Gasteiger partial charge in [-0.2, -0.15) is 0 Å². The van der Waals surface area contributed by atoms with Crippen LogP contribution in [0.25, 0.3) is 0 Å². The summed E-state index contributed by atoms with van der Waals surface area (Å²) < 4.78 is 5.56. The molecule has 0 atom stereocenters. The number of carboxylic acids is 1. The molecule has 0 heterocycles. The molecule has 1 rings (SSSR count). The molecule has 0 aliphatic carbocycles. The third-order valence-electron chi connectivity index (χ3n) is 1.02. The number of carbonyl (C=O) groups is 1. The molecule has 6 N–H and O–H groups in total. The van der Waals surface area contributed by atoms with Crippen molar-refractivity contribution in [1.82, 2.24) is 0 Å². The minimum absolute atomic E-state index is 0. The van der Waals surface area contributed by atoms with Crippen LogP contribution in [-0.4, -0.2) is 51.6 Å². The second-order valence-electron chi connectivity index (χ2n) is 1.67. The molecule has 78 valence electrons. The molecule has 0 saturated heterocycles. The molecule has 0 unspecified atom stereocenters. The maximum atomic E-state index is 10.2. The van der Waals surface area contributed by atoms with Gasteiger partial charge in [-0.25, -0.2) is 4.79 Å². The van der Waals surface area contributed by atoms with Gasteiger partial charge in [0.15, 0.2) is 0 Å². The van der Waals surface area contributed by atoms with Crippen LogP contribution in [0.4, 0.5) is 0 Å². The molecule has 0 fully saturated rings. The predicted octanol–water partition coefficient (Wildman–Crippen LogP) is -1.15. The summed E-state index contributed by atoms with van der Waals surface area (Å²) in [5.41, 5.74) is 0.331. The first kappa shape index (κ1) is 23.5. The summed E-state index contributed by atoms with van der Waals surface area (Å²) in [5, 5.41) is 8.38. The van der Waals surface area contributed by atoms with Crippen LogP contribution in [0.15, 0.2) is 30.3 Å². The third-order valence-corrected chi connectivity index (χ3v) is 1.02. The van der Waals surface area contributed by atoms with E-state index in [1.54, 1.807) is 30.3 Å². The zero-order chi connectivity index (χ0) is 8.69. The summed E-state index contributed by atoms with van der Waals surface area (Å²) in [4.78, 5) is 10.2. The van der Waals surface area contributed by atoms with Crippen molar-refractivity contribution in [2.45, 2.75) is 0 Å². The normalized spacial score (nSPS) is 6.07. The van der Waals surface area contributed by atoms with E-state index in [1.807, 2.05) is 0 Å². The monoisotopic (exact) mass is 231 g/mol. The fourth-order valence-electron chi connectivity index (χ4n) is 0.581. The van der Waals surface area contributed by atoms with Crippen LogP contribution in [0.3, 0.4) is 0 Å². The van der Waals surface area contributed by atoms with Gasteiger partial charge in [-0.05, 0) is 12.1 Å². The average Bonchev–Trinajstić information content (AvgIpc) is 2.10. The molecule has 0 aliphatic heterocycles. The first-order valence-electron chi connectivity index (χ1n) is 2.84. The summed E-state index contributed by atoms with van der Waals surface area (Å²) >= 11 is 2.22. The molecule has 1 aromatic carbocycles. The van der Waals surface area contributed by atoms with Crippen molar-refractivity contribution in [2.24, 2.45) is 0 Å². The summed E-state index contributed by atoms with van der Waals surface area (Å²) in [7, 11) is 0. The molecular formula is C7H14NNaO4S. The number of rotatable bonds is 1. The van der Waals surface area contributed by atoms with Crippen LogP contribution in [0.5, 0.6) is 0 Å². The SMILES string of the molecule is N=[SH2].O.O.O=C(O)c1ccccc1.[NaH]. The Hall–Kier alpha value is -0.240. The van der Waals surface area contributed by atoms with E-state index < -0.39 is 5.97 Å². The fraction of sp³-hybridized carbons (Fsp3) is 0. The van der Waals surface area contributed by atoms with Gasteiger partial charge in [-0.15, -0.1) is 12.4 Å². The zero-order valence-corrected chi connectivity index (χ0v) is 7.74. The maximum absolute atomic E-state index is 10.2. The fourth-order valence-corrected chi connectivity index (χ4v) is 0.581. The van der Waals surface area contributed by atoms with Gasteiger partial charge in [0.25, 0.3) is 0 Å². The van der Waals surface area contributed by atoms with E-state index in [1.165, 1.54) is 0 Å². The van der Waals surface area contributed by atoms with Gasteiger partial charge in [0.05, 0.1) is 5.56 Å². The number of carboxylic acid groups (broad SMARTS) is 1. The molecule has 0 saturated carbocycles. The Bertz CT molecular complexity index is 234. The quantitative estimate of drug-likeness (QED) is 0.592. The van der Waals surface area contributed by atoms with E-state index in [0.29, 0.717) is 5.56 Å². The van der Waals surface area contributed by atoms with E-state index in [9.17, 15) is 4.79 Å². The Labute approximate surface area is 109 Å². The van der Waals surface area contributed by atoms with Crippen molar-refractivity contribution >= 4 is 48.0 Å². The average molecular weight is 231 g/mol. The molecule has 0 radical (unpaired) electrons. The third kappa shape index (κ3) is 9.85. The second-order valence-corrected chi connectivity index (χ2v) is 1.67. The van der Waals surface area contributed by atoms with Crippen LogP contribution in [-0.2, 0) is 12.4 Å². The van der Waals surface area contributed by atoms with Gasteiger partial charge in [-0.1, -0.05) is 18.2 Å². The first-order valence-corrected chi connectivity index (χ1v) is 3.34. The van der Waals surface area contributed by atoms with Crippen LogP contribution < -0.4 is 0 Å². The Kier molecular flexibility index (Phi) is 25.6. The van der Waals surface area contributed by atoms with E-state index in [-0.39, 0.29) is 40.5 Å². The van der Waals surface area contributed by atoms with Crippen molar-refractivity contribution in [1.29, 1.82) is 4.78 Å².